The third kappa shape index (κ3) is 5.42. The van der Waals surface area contributed by atoms with E-state index in [2.05, 4.69) is 15.9 Å². The van der Waals surface area contributed by atoms with E-state index in [1.807, 2.05) is 36.4 Å². The summed E-state index contributed by atoms with van der Waals surface area (Å²) in [6, 6.07) is 20.9. The molecule has 0 spiro atoms. The maximum atomic E-state index is 13.0. The lowest BCUT2D eigenvalue weighted by atomic mass is 10.2. The predicted molar refractivity (Wildman–Crippen MR) is 123 cm³/mol. The van der Waals surface area contributed by atoms with Crippen LogP contribution in [0.25, 0.3) is 6.08 Å². The highest BCUT2D eigenvalue weighted by molar-refractivity contribution is 9.10. The molecule has 0 aliphatic carbocycles. The Bertz CT molecular complexity index is 1150. The van der Waals surface area contributed by atoms with Crippen molar-refractivity contribution in [1.82, 2.24) is 4.90 Å². The topological polar surface area (TPSA) is 46.6 Å². The summed E-state index contributed by atoms with van der Waals surface area (Å²) in [7, 11) is 0. The Morgan fingerprint density at radius 1 is 0.968 bits per heavy atom. The van der Waals surface area contributed by atoms with Gasteiger partial charge in [-0.05, 0) is 70.9 Å². The zero-order valence-electron chi connectivity index (χ0n) is 16.3. The predicted octanol–water partition coefficient (Wildman–Crippen LogP) is 6.40. The van der Waals surface area contributed by atoms with Gasteiger partial charge in [0.2, 0.25) is 0 Å². The highest BCUT2D eigenvalue weighted by atomic mass is 79.9. The summed E-state index contributed by atoms with van der Waals surface area (Å²) in [6.07, 6.45) is 1.69. The molecule has 31 heavy (non-hydrogen) atoms. The summed E-state index contributed by atoms with van der Waals surface area (Å²) >= 11 is 4.30. The van der Waals surface area contributed by atoms with E-state index < -0.39 is 0 Å². The standard InChI is InChI=1S/C24H17BrFNO3S/c25-19-8-4-16(5-9-19)14-27-23(28)22(31-24(27)29)13-18-2-1-3-21(12-18)30-15-17-6-10-20(26)11-7-17/h1-13H,14-15H2/b22-13+. The van der Waals surface area contributed by atoms with E-state index in [0.717, 1.165) is 32.9 Å². The SMILES string of the molecule is O=C1S/C(=C/c2cccc(OCc3ccc(F)cc3)c2)C(=O)N1Cc1ccc(Br)cc1. The Hall–Kier alpha value is -2.90. The Balaban J connectivity index is 1.44. The molecule has 0 aromatic heterocycles. The molecular formula is C24H17BrFNO3S. The van der Waals surface area contributed by atoms with E-state index in [0.29, 0.717) is 17.3 Å². The van der Waals surface area contributed by atoms with Crippen molar-refractivity contribution in [1.29, 1.82) is 0 Å². The van der Waals surface area contributed by atoms with E-state index >= 15 is 0 Å². The molecule has 4 nitrogen and oxygen atoms in total. The van der Waals surface area contributed by atoms with Gasteiger partial charge in [0.15, 0.2) is 0 Å². The van der Waals surface area contributed by atoms with Crippen LogP contribution in [-0.4, -0.2) is 16.0 Å². The first-order valence-corrected chi connectivity index (χ1v) is 11.1. The number of rotatable bonds is 6. The molecule has 0 bridgehead atoms. The molecule has 1 heterocycles. The van der Waals surface area contributed by atoms with Crippen LogP contribution in [0.2, 0.25) is 0 Å². The maximum Gasteiger partial charge on any atom is 0.293 e. The second-order valence-corrected chi connectivity index (χ2v) is 8.79. The largest absolute Gasteiger partial charge is 0.489 e. The lowest BCUT2D eigenvalue weighted by molar-refractivity contribution is -0.123. The first-order chi connectivity index (χ1) is 15.0. The second-order valence-electron chi connectivity index (χ2n) is 6.88. The summed E-state index contributed by atoms with van der Waals surface area (Å²) in [4.78, 5) is 26.8. The number of imide groups is 1. The first kappa shape index (κ1) is 21.3. The average molecular weight is 498 g/mol. The van der Waals surface area contributed by atoms with Crippen LogP contribution in [0, 0.1) is 5.82 Å². The maximum absolute atomic E-state index is 13.0. The quantitative estimate of drug-likeness (QED) is 0.369. The van der Waals surface area contributed by atoms with Crippen molar-refractivity contribution in [3.63, 3.8) is 0 Å². The fourth-order valence-corrected chi connectivity index (χ4v) is 4.10. The molecule has 2 amide bonds. The second kappa shape index (κ2) is 9.49. The van der Waals surface area contributed by atoms with Gasteiger partial charge in [-0.15, -0.1) is 0 Å². The average Bonchev–Trinajstić information content (AvgIpc) is 3.02. The van der Waals surface area contributed by atoms with Gasteiger partial charge in [0.25, 0.3) is 11.1 Å². The minimum absolute atomic E-state index is 0.232. The minimum atomic E-state index is -0.310. The summed E-state index contributed by atoms with van der Waals surface area (Å²) in [5.41, 5.74) is 2.48. The summed E-state index contributed by atoms with van der Waals surface area (Å²) in [6.45, 7) is 0.531. The van der Waals surface area contributed by atoms with E-state index in [-0.39, 0.29) is 23.5 Å². The molecule has 1 aliphatic rings. The number of hydrogen-bond acceptors (Lipinski definition) is 4. The van der Waals surface area contributed by atoms with Crippen molar-refractivity contribution >= 4 is 44.9 Å². The molecule has 0 unspecified atom stereocenters. The van der Waals surface area contributed by atoms with E-state index in [1.165, 1.54) is 17.0 Å². The molecular weight excluding hydrogens is 481 g/mol. The fourth-order valence-electron chi connectivity index (χ4n) is 3.00. The van der Waals surface area contributed by atoms with Gasteiger partial charge >= 0.3 is 0 Å². The van der Waals surface area contributed by atoms with Crippen LogP contribution >= 0.6 is 27.7 Å². The lowest BCUT2D eigenvalue weighted by Gasteiger charge is -2.12. The Kier molecular flexibility index (Phi) is 6.53. The zero-order valence-corrected chi connectivity index (χ0v) is 18.7. The van der Waals surface area contributed by atoms with Gasteiger partial charge in [0.1, 0.15) is 18.2 Å². The van der Waals surface area contributed by atoms with Crippen LogP contribution in [0.4, 0.5) is 9.18 Å². The van der Waals surface area contributed by atoms with Crippen molar-refractivity contribution in [2.24, 2.45) is 0 Å². The molecule has 1 aliphatic heterocycles. The molecule has 156 valence electrons. The molecule has 4 rings (SSSR count). The van der Waals surface area contributed by atoms with Crippen molar-refractivity contribution < 1.29 is 18.7 Å². The lowest BCUT2D eigenvalue weighted by Crippen LogP contribution is -2.27. The van der Waals surface area contributed by atoms with Gasteiger partial charge in [-0.2, -0.15) is 0 Å². The summed E-state index contributed by atoms with van der Waals surface area (Å²) in [5.74, 6) is 0.0162. The van der Waals surface area contributed by atoms with E-state index in [9.17, 15) is 14.0 Å². The first-order valence-electron chi connectivity index (χ1n) is 9.45. The zero-order chi connectivity index (χ0) is 21.8. The number of benzene rings is 3. The number of carbonyl (C=O) groups excluding carboxylic acids is 2. The number of hydrogen-bond donors (Lipinski definition) is 0. The van der Waals surface area contributed by atoms with Crippen LogP contribution in [0.3, 0.4) is 0 Å². The van der Waals surface area contributed by atoms with Gasteiger partial charge in [-0.1, -0.05) is 52.3 Å². The van der Waals surface area contributed by atoms with Crippen LogP contribution in [0.15, 0.2) is 82.2 Å². The molecule has 0 radical (unpaired) electrons. The van der Waals surface area contributed by atoms with Crippen molar-refractivity contribution in [3.8, 4) is 5.75 Å². The molecule has 0 N–H and O–H groups in total. The Labute approximate surface area is 191 Å². The van der Waals surface area contributed by atoms with Gasteiger partial charge in [0, 0.05) is 4.47 Å². The van der Waals surface area contributed by atoms with Crippen LogP contribution in [0.1, 0.15) is 16.7 Å². The van der Waals surface area contributed by atoms with Crippen LogP contribution in [0.5, 0.6) is 5.75 Å². The van der Waals surface area contributed by atoms with Crippen molar-refractivity contribution in [2.75, 3.05) is 0 Å². The number of nitrogens with zero attached hydrogens (tertiary/aromatic N) is 1. The number of ether oxygens (including phenoxy) is 1. The number of halogens is 2. The number of amides is 2. The fraction of sp³-hybridized carbons (Fsp3) is 0.0833. The highest BCUT2D eigenvalue weighted by Gasteiger charge is 2.34. The third-order valence-corrected chi connectivity index (χ3v) is 6.04. The molecule has 3 aromatic carbocycles. The normalized spacial score (nSPS) is 15.0. The molecule has 3 aromatic rings. The summed E-state index contributed by atoms with van der Waals surface area (Å²) in [5, 5.41) is -0.289. The highest BCUT2D eigenvalue weighted by Crippen LogP contribution is 2.33. The van der Waals surface area contributed by atoms with Crippen LogP contribution in [-0.2, 0) is 17.9 Å². The minimum Gasteiger partial charge on any atom is -0.489 e. The van der Waals surface area contributed by atoms with Crippen LogP contribution < -0.4 is 4.74 Å². The van der Waals surface area contributed by atoms with Crippen molar-refractivity contribution in [3.05, 3.63) is 105 Å². The smallest absolute Gasteiger partial charge is 0.293 e. The molecule has 0 saturated carbocycles. The molecule has 1 saturated heterocycles. The van der Waals surface area contributed by atoms with Gasteiger partial charge in [-0.25, -0.2) is 4.39 Å². The van der Waals surface area contributed by atoms with E-state index in [4.69, 9.17) is 4.74 Å². The Morgan fingerprint density at radius 2 is 1.68 bits per heavy atom. The third-order valence-electron chi connectivity index (χ3n) is 4.60. The van der Waals surface area contributed by atoms with E-state index in [1.54, 1.807) is 30.3 Å². The summed E-state index contributed by atoms with van der Waals surface area (Å²) < 4.78 is 19.7. The van der Waals surface area contributed by atoms with Crippen molar-refractivity contribution in [2.45, 2.75) is 13.2 Å². The molecule has 7 heteroatoms. The molecule has 1 fully saturated rings. The monoisotopic (exact) mass is 497 g/mol. The van der Waals surface area contributed by atoms with Gasteiger partial charge < -0.3 is 4.74 Å². The number of thioether (sulfide) groups is 1. The number of carbonyl (C=O) groups is 2. The Morgan fingerprint density at radius 3 is 2.42 bits per heavy atom. The van der Waals surface area contributed by atoms with Gasteiger partial charge in [0.05, 0.1) is 11.4 Å². The van der Waals surface area contributed by atoms with Gasteiger partial charge in [-0.3, -0.25) is 14.5 Å². The molecule has 0 atom stereocenters.